The highest BCUT2D eigenvalue weighted by molar-refractivity contribution is 6.31. The minimum Gasteiger partial charge on any atom is -0.321 e. The van der Waals surface area contributed by atoms with Crippen LogP contribution in [0.25, 0.3) is 0 Å². The van der Waals surface area contributed by atoms with Crippen LogP contribution in [-0.4, -0.2) is 4.98 Å². The van der Waals surface area contributed by atoms with E-state index < -0.39 is 5.54 Å². The molecular weight excluding hydrogens is 267 g/mol. The van der Waals surface area contributed by atoms with Crippen molar-refractivity contribution in [3.8, 4) is 0 Å². The molecule has 0 aliphatic rings. The molecule has 2 nitrogen and oxygen atoms in total. The Bertz CT molecular complexity index is 553. The van der Waals surface area contributed by atoms with Gasteiger partial charge in [0.2, 0.25) is 0 Å². The minimum atomic E-state index is -0.518. The van der Waals surface area contributed by atoms with Crippen LogP contribution in [0.2, 0.25) is 10.0 Å². The van der Waals surface area contributed by atoms with Gasteiger partial charge >= 0.3 is 0 Å². The Hall–Kier alpha value is -1.09. The van der Waals surface area contributed by atoms with Crippen molar-refractivity contribution in [2.45, 2.75) is 18.9 Å². The normalized spacial score (nSPS) is 14.2. The van der Waals surface area contributed by atoms with Gasteiger partial charge in [-0.05, 0) is 42.7 Å². The summed E-state index contributed by atoms with van der Waals surface area (Å²) < 4.78 is 0. The third kappa shape index (κ3) is 3.02. The van der Waals surface area contributed by atoms with Crippen LogP contribution >= 0.6 is 23.2 Å². The predicted octanol–water partition coefficient (Wildman–Crippen LogP) is 3.81. The van der Waals surface area contributed by atoms with Crippen LogP contribution in [0, 0.1) is 0 Å². The van der Waals surface area contributed by atoms with Crippen LogP contribution in [-0.2, 0) is 12.0 Å². The SMILES string of the molecule is CC(N)(Cc1ccncc1Cl)c1cccc(Cl)c1. The number of rotatable bonds is 3. The third-order valence-corrected chi connectivity index (χ3v) is 3.47. The van der Waals surface area contributed by atoms with Crippen LogP contribution < -0.4 is 5.73 Å². The molecule has 4 heteroatoms. The van der Waals surface area contributed by atoms with Gasteiger partial charge in [0.15, 0.2) is 0 Å². The molecule has 1 aromatic heterocycles. The highest BCUT2D eigenvalue weighted by atomic mass is 35.5. The molecule has 1 unspecified atom stereocenters. The summed E-state index contributed by atoms with van der Waals surface area (Å²) in [5.41, 5.74) is 7.82. The lowest BCUT2D eigenvalue weighted by Gasteiger charge is -2.26. The zero-order valence-corrected chi connectivity index (χ0v) is 11.5. The predicted molar refractivity (Wildman–Crippen MR) is 75.9 cm³/mol. The van der Waals surface area contributed by atoms with Crippen molar-refractivity contribution >= 4 is 23.2 Å². The first-order valence-electron chi connectivity index (χ1n) is 5.62. The monoisotopic (exact) mass is 280 g/mol. The maximum atomic E-state index is 6.37. The molecule has 1 aromatic carbocycles. The minimum absolute atomic E-state index is 0.518. The molecule has 2 aromatic rings. The lowest BCUT2D eigenvalue weighted by molar-refractivity contribution is 0.491. The largest absolute Gasteiger partial charge is 0.321 e. The van der Waals surface area contributed by atoms with E-state index >= 15 is 0 Å². The summed E-state index contributed by atoms with van der Waals surface area (Å²) in [6, 6.07) is 9.48. The summed E-state index contributed by atoms with van der Waals surface area (Å²) in [7, 11) is 0. The summed E-state index contributed by atoms with van der Waals surface area (Å²) in [6.45, 7) is 1.97. The summed E-state index contributed by atoms with van der Waals surface area (Å²) >= 11 is 12.1. The van der Waals surface area contributed by atoms with Crippen molar-refractivity contribution in [1.82, 2.24) is 4.98 Å². The molecule has 94 valence electrons. The zero-order valence-electron chi connectivity index (χ0n) is 10.0. The van der Waals surface area contributed by atoms with Crippen LogP contribution in [0.1, 0.15) is 18.1 Å². The number of hydrogen-bond donors (Lipinski definition) is 1. The number of benzene rings is 1. The molecule has 0 bridgehead atoms. The molecule has 1 heterocycles. The van der Waals surface area contributed by atoms with Crippen molar-refractivity contribution in [3.63, 3.8) is 0 Å². The average molecular weight is 281 g/mol. The average Bonchev–Trinajstić information content (AvgIpc) is 2.32. The number of aromatic nitrogens is 1. The first-order chi connectivity index (χ1) is 8.49. The quantitative estimate of drug-likeness (QED) is 0.929. The van der Waals surface area contributed by atoms with Crippen molar-refractivity contribution in [2.24, 2.45) is 5.73 Å². The van der Waals surface area contributed by atoms with Crippen LogP contribution in [0.4, 0.5) is 0 Å². The molecule has 0 radical (unpaired) electrons. The molecule has 0 amide bonds. The van der Waals surface area contributed by atoms with Gasteiger partial charge in [0.05, 0.1) is 5.02 Å². The second-order valence-electron chi connectivity index (χ2n) is 4.57. The maximum absolute atomic E-state index is 6.37. The lowest BCUT2D eigenvalue weighted by Crippen LogP contribution is -2.35. The molecule has 1 atom stereocenters. The number of pyridine rings is 1. The van der Waals surface area contributed by atoms with Gasteiger partial charge in [0, 0.05) is 23.0 Å². The van der Waals surface area contributed by atoms with Crippen LogP contribution in [0.5, 0.6) is 0 Å². The first kappa shape index (κ1) is 13.3. The Morgan fingerprint density at radius 1 is 1.28 bits per heavy atom. The summed E-state index contributed by atoms with van der Waals surface area (Å²) in [4.78, 5) is 3.97. The number of nitrogens with two attached hydrogens (primary N) is 1. The van der Waals surface area contributed by atoms with E-state index in [9.17, 15) is 0 Å². The Labute approximate surface area is 117 Å². The van der Waals surface area contributed by atoms with E-state index in [4.69, 9.17) is 28.9 Å². The molecule has 0 aliphatic heterocycles. The fourth-order valence-corrected chi connectivity index (χ4v) is 2.27. The molecule has 0 saturated carbocycles. The van der Waals surface area contributed by atoms with Crippen molar-refractivity contribution in [2.75, 3.05) is 0 Å². The van der Waals surface area contributed by atoms with Gasteiger partial charge in [0.25, 0.3) is 0 Å². The van der Waals surface area contributed by atoms with E-state index in [0.29, 0.717) is 16.5 Å². The van der Waals surface area contributed by atoms with Gasteiger partial charge in [-0.2, -0.15) is 0 Å². The Morgan fingerprint density at radius 2 is 2.06 bits per heavy atom. The molecule has 2 N–H and O–H groups in total. The van der Waals surface area contributed by atoms with Gasteiger partial charge in [-0.1, -0.05) is 35.3 Å². The number of hydrogen-bond acceptors (Lipinski definition) is 2. The molecule has 0 fully saturated rings. The van der Waals surface area contributed by atoms with E-state index in [0.717, 1.165) is 11.1 Å². The van der Waals surface area contributed by atoms with E-state index in [-0.39, 0.29) is 0 Å². The standard InChI is InChI=1S/C14H14Cl2N2/c1-14(17,11-3-2-4-12(15)7-11)8-10-5-6-18-9-13(10)16/h2-7,9H,8,17H2,1H3. The third-order valence-electron chi connectivity index (χ3n) is 2.90. The molecular formula is C14H14Cl2N2. The smallest absolute Gasteiger partial charge is 0.0622 e. The van der Waals surface area contributed by atoms with Crippen molar-refractivity contribution in [3.05, 3.63) is 63.9 Å². The Balaban J connectivity index is 2.30. The van der Waals surface area contributed by atoms with Gasteiger partial charge in [0.1, 0.15) is 0 Å². The van der Waals surface area contributed by atoms with Crippen LogP contribution in [0.15, 0.2) is 42.7 Å². The fourth-order valence-electron chi connectivity index (χ4n) is 1.89. The maximum Gasteiger partial charge on any atom is 0.0622 e. The van der Waals surface area contributed by atoms with Gasteiger partial charge in [-0.15, -0.1) is 0 Å². The van der Waals surface area contributed by atoms with E-state index in [1.54, 1.807) is 12.4 Å². The Kier molecular flexibility index (Phi) is 3.91. The van der Waals surface area contributed by atoms with Gasteiger partial charge < -0.3 is 5.73 Å². The zero-order chi connectivity index (χ0) is 13.2. The van der Waals surface area contributed by atoms with Crippen molar-refractivity contribution in [1.29, 1.82) is 0 Å². The van der Waals surface area contributed by atoms with Crippen molar-refractivity contribution < 1.29 is 0 Å². The van der Waals surface area contributed by atoms with Gasteiger partial charge in [-0.3, -0.25) is 4.98 Å². The second kappa shape index (κ2) is 5.27. The van der Waals surface area contributed by atoms with Gasteiger partial charge in [-0.25, -0.2) is 0 Å². The first-order valence-corrected chi connectivity index (χ1v) is 6.38. The number of halogens is 2. The molecule has 0 saturated heterocycles. The topological polar surface area (TPSA) is 38.9 Å². The lowest BCUT2D eigenvalue weighted by atomic mass is 9.87. The Morgan fingerprint density at radius 3 is 2.72 bits per heavy atom. The summed E-state index contributed by atoms with van der Waals surface area (Å²) in [5, 5.41) is 1.32. The molecule has 0 aliphatic carbocycles. The molecule has 0 spiro atoms. The second-order valence-corrected chi connectivity index (χ2v) is 5.42. The highest BCUT2D eigenvalue weighted by Crippen LogP contribution is 2.27. The summed E-state index contributed by atoms with van der Waals surface area (Å²) in [5.74, 6) is 0. The molecule has 18 heavy (non-hydrogen) atoms. The van der Waals surface area contributed by atoms with E-state index in [1.165, 1.54) is 0 Å². The highest BCUT2D eigenvalue weighted by Gasteiger charge is 2.23. The van der Waals surface area contributed by atoms with E-state index in [1.807, 2.05) is 37.3 Å². The summed E-state index contributed by atoms with van der Waals surface area (Å²) in [6.07, 6.45) is 3.98. The van der Waals surface area contributed by atoms with Crippen LogP contribution in [0.3, 0.4) is 0 Å². The fraction of sp³-hybridized carbons (Fsp3) is 0.214. The number of nitrogens with zero attached hydrogens (tertiary/aromatic N) is 1. The van der Waals surface area contributed by atoms with E-state index in [2.05, 4.69) is 4.98 Å². The molecule has 2 rings (SSSR count).